The van der Waals surface area contributed by atoms with Crippen LogP contribution in [0.3, 0.4) is 0 Å². The fraction of sp³-hybridized carbons (Fsp3) is 0.833. The van der Waals surface area contributed by atoms with Crippen LogP contribution in [0.25, 0.3) is 0 Å². The van der Waals surface area contributed by atoms with Gasteiger partial charge in [-0.3, -0.25) is 4.99 Å². The second-order valence-electron chi connectivity index (χ2n) is 2.03. The highest BCUT2D eigenvalue weighted by atomic mass is 16.5. The number of hydrogen-bond donors (Lipinski definition) is 0. The third-order valence-electron chi connectivity index (χ3n) is 1.26. The molecule has 0 aliphatic carbocycles. The van der Waals surface area contributed by atoms with Crippen molar-refractivity contribution in [3.05, 3.63) is 0 Å². The Balaban J connectivity index is 2.16. The lowest BCUT2D eigenvalue weighted by molar-refractivity contribution is 0.321. The summed E-state index contributed by atoms with van der Waals surface area (Å²) in [6, 6.07) is 0.458. The SMILES string of the molecule is CCC[C@@H]1COC=N1. The molecule has 0 spiro atoms. The maximum Gasteiger partial charge on any atom is 0.169 e. The summed E-state index contributed by atoms with van der Waals surface area (Å²) in [6.45, 7) is 2.96. The van der Waals surface area contributed by atoms with E-state index in [1.54, 1.807) is 6.40 Å². The van der Waals surface area contributed by atoms with Gasteiger partial charge in [-0.15, -0.1) is 0 Å². The van der Waals surface area contributed by atoms with E-state index in [4.69, 9.17) is 4.74 Å². The van der Waals surface area contributed by atoms with E-state index in [9.17, 15) is 0 Å². The molecule has 46 valence electrons. The molecule has 0 aromatic carbocycles. The predicted molar refractivity (Wildman–Crippen MR) is 33.1 cm³/mol. The van der Waals surface area contributed by atoms with Crippen molar-refractivity contribution in [1.82, 2.24) is 0 Å². The maximum atomic E-state index is 4.92. The Morgan fingerprint density at radius 2 is 2.75 bits per heavy atom. The Morgan fingerprint density at radius 3 is 3.25 bits per heavy atom. The first kappa shape index (κ1) is 5.60. The van der Waals surface area contributed by atoms with E-state index in [2.05, 4.69) is 11.9 Å². The lowest BCUT2D eigenvalue weighted by atomic mass is 10.2. The lowest BCUT2D eigenvalue weighted by Gasteiger charge is -1.99. The second kappa shape index (κ2) is 2.70. The molecule has 1 atom stereocenters. The van der Waals surface area contributed by atoms with Gasteiger partial charge in [-0.1, -0.05) is 13.3 Å². The van der Waals surface area contributed by atoms with Gasteiger partial charge in [0.15, 0.2) is 6.40 Å². The lowest BCUT2D eigenvalue weighted by Crippen LogP contribution is -2.04. The fourth-order valence-corrected chi connectivity index (χ4v) is 0.817. The third-order valence-corrected chi connectivity index (χ3v) is 1.26. The quantitative estimate of drug-likeness (QED) is 0.527. The van der Waals surface area contributed by atoms with Crippen molar-refractivity contribution >= 4 is 6.40 Å². The van der Waals surface area contributed by atoms with Gasteiger partial charge < -0.3 is 4.74 Å². The Hall–Kier alpha value is -0.530. The molecular weight excluding hydrogens is 102 g/mol. The summed E-state index contributed by atoms with van der Waals surface area (Å²) < 4.78 is 4.92. The molecule has 0 saturated heterocycles. The molecule has 2 heteroatoms. The van der Waals surface area contributed by atoms with Gasteiger partial charge in [-0.2, -0.15) is 0 Å². The Bertz CT molecular complexity index is 90.5. The van der Waals surface area contributed by atoms with Crippen molar-refractivity contribution in [2.75, 3.05) is 6.61 Å². The van der Waals surface area contributed by atoms with Crippen LogP contribution in [0.5, 0.6) is 0 Å². The number of nitrogens with zero attached hydrogens (tertiary/aromatic N) is 1. The average molecular weight is 113 g/mol. The summed E-state index contributed by atoms with van der Waals surface area (Å²) in [5.41, 5.74) is 0. The maximum absolute atomic E-state index is 4.92. The minimum Gasteiger partial charge on any atom is -0.481 e. The molecule has 1 heterocycles. The first-order valence-corrected chi connectivity index (χ1v) is 3.06. The van der Waals surface area contributed by atoms with E-state index in [0.717, 1.165) is 13.0 Å². The summed E-state index contributed by atoms with van der Waals surface area (Å²) in [7, 11) is 0. The van der Waals surface area contributed by atoms with E-state index in [1.165, 1.54) is 6.42 Å². The Kier molecular flexibility index (Phi) is 1.89. The van der Waals surface area contributed by atoms with Crippen LogP contribution in [0.1, 0.15) is 19.8 Å². The predicted octanol–water partition coefficient (Wildman–Crippen LogP) is 1.21. The number of aliphatic imine (C=N–C) groups is 1. The molecule has 2 nitrogen and oxygen atoms in total. The molecule has 1 aliphatic rings. The van der Waals surface area contributed by atoms with Crippen LogP contribution < -0.4 is 0 Å². The molecule has 0 radical (unpaired) electrons. The zero-order valence-corrected chi connectivity index (χ0v) is 5.13. The second-order valence-corrected chi connectivity index (χ2v) is 2.03. The van der Waals surface area contributed by atoms with E-state index >= 15 is 0 Å². The van der Waals surface area contributed by atoms with Crippen LogP contribution in [-0.2, 0) is 4.74 Å². The van der Waals surface area contributed by atoms with E-state index in [-0.39, 0.29) is 0 Å². The highest BCUT2D eigenvalue weighted by Gasteiger charge is 2.08. The summed E-state index contributed by atoms with van der Waals surface area (Å²) >= 11 is 0. The first-order valence-electron chi connectivity index (χ1n) is 3.06. The van der Waals surface area contributed by atoms with Gasteiger partial charge in [0.05, 0.1) is 6.04 Å². The van der Waals surface area contributed by atoms with E-state index < -0.39 is 0 Å². The molecule has 0 unspecified atom stereocenters. The van der Waals surface area contributed by atoms with Crippen molar-refractivity contribution in [3.63, 3.8) is 0 Å². The van der Waals surface area contributed by atoms with Crippen LogP contribution in [-0.4, -0.2) is 19.0 Å². The van der Waals surface area contributed by atoms with Crippen molar-refractivity contribution in [1.29, 1.82) is 0 Å². The van der Waals surface area contributed by atoms with Crippen LogP contribution >= 0.6 is 0 Å². The third kappa shape index (κ3) is 1.22. The first-order chi connectivity index (χ1) is 3.93. The van der Waals surface area contributed by atoms with Crippen molar-refractivity contribution in [2.45, 2.75) is 25.8 Å². The minimum atomic E-state index is 0.458. The van der Waals surface area contributed by atoms with Crippen LogP contribution in [0.15, 0.2) is 4.99 Å². The molecule has 0 N–H and O–H groups in total. The van der Waals surface area contributed by atoms with Crippen LogP contribution in [0.2, 0.25) is 0 Å². The van der Waals surface area contributed by atoms with Crippen LogP contribution in [0, 0.1) is 0 Å². The molecule has 1 aliphatic heterocycles. The normalized spacial score (nSPS) is 25.9. The van der Waals surface area contributed by atoms with Crippen molar-refractivity contribution in [2.24, 2.45) is 4.99 Å². The molecule has 0 saturated carbocycles. The molecule has 0 amide bonds. The molecule has 0 bridgehead atoms. The topological polar surface area (TPSA) is 21.6 Å². The highest BCUT2D eigenvalue weighted by molar-refractivity contribution is 5.48. The van der Waals surface area contributed by atoms with Gasteiger partial charge in [-0.25, -0.2) is 0 Å². The van der Waals surface area contributed by atoms with E-state index in [0.29, 0.717) is 6.04 Å². The summed E-state index contributed by atoms with van der Waals surface area (Å²) in [4.78, 5) is 4.08. The Morgan fingerprint density at radius 1 is 1.88 bits per heavy atom. The molecule has 0 aromatic heterocycles. The molecule has 8 heavy (non-hydrogen) atoms. The van der Waals surface area contributed by atoms with Crippen molar-refractivity contribution in [3.8, 4) is 0 Å². The monoisotopic (exact) mass is 113 g/mol. The number of ether oxygens (including phenoxy) is 1. The minimum absolute atomic E-state index is 0.458. The van der Waals surface area contributed by atoms with E-state index in [1.807, 2.05) is 0 Å². The zero-order chi connectivity index (χ0) is 5.82. The molecule has 0 fully saturated rings. The summed E-state index contributed by atoms with van der Waals surface area (Å²) in [5.74, 6) is 0. The van der Waals surface area contributed by atoms with Gasteiger partial charge in [0.1, 0.15) is 6.61 Å². The zero-order valence-electron chi connectivity index (χ0n) is 5.13. The smallest absolute Gasteiger partial charge is 0.169 e. The standard InChI is InChI=1S/C6H11NO/c1-2-3-6-4-8-5-7-6/h5-6H,2-4H2,1H3/t6-/m1/s1. The average Bonchev–Trinajstić information content (AvgIpc) is 2.19. The van der Waals surface area contributed by atoms with Gasteiger partial charge >= 0.3 is 0 Å². The van der Waals surface area contributed by atoms with Gasteiger partial charge in [-0.05, 0) is 6.42 Å². The number of rotatable bonds is 2. The largest absolute Gasteiger partial charge is 0.481 e. The molecule has 0 aromatic rings. The van der Waals surface area contributed by atoms with Gasteiger partial charge in [0.2, 0.25) is 0 Å². The number of hydrogen-bond acceptors (Lipinski definition) is 2. The molecular formula is C6H11NO. The summed E-state index contributed by atoms with van der Waals surface area (Å²) in [5, 5.41) is 0. The van der Waals surface area contributed by atoms with Crippen molar-refractivity contribution < 1.29 is 4.74 Å². The summed E-state index contributed by atoms with van der Waals surface area (Å²) in [6.07, 6.45) is 3.92. The van der Waals surface area contributed by atoms with Gasteiger partial charge in [0.25, 0.3) is 0 Å². The molecule has 1 rings (SSSR count). The van der Waals surface area contributed by atoms with Gasteiger partial charge in [0, 0.05) is 0 Å². The highest BCUT2D eigenvalue weighted by Crippen LogP contribution is 2.05. The fourth-order valence-electron chi connectivity index (χ4n) is 0.817. The van der Waals surface area contributed by atoms with Crippen LogP contribution in [0.4, 0.5) is 0 Å². The Labute approximate surface area is 49.6 Å².